The number of carbonyl (C=O) groups excluding carboxylic acids is 6. The molecule has 18 nitrogen and oxygen atoms in total. The van der Waals surface area contributed by atoms with Crippen LogP contribution in [0.1, 0.15) is 81.1 Å². The van der Waals surface area contributed by atoms with Gasteiger partial charge in [-0.1, -0.05) is 25.9 Å². The predicted molar refractivity (Wildman–Crippen MR) is 187 cm³/mol. The molecule has 0 amide bonds. The molecule has 8 fully saturated rings. The van der Waals surface area contributed by atoms with Crippen LogP contribution in [0.4, 0.5) is 0 Å². The Balaban J connectivity index is 1.35. The second kappa shape index (κ2) is 12.8. The Hall–Kier alpha value is -3.83. The Labute approximate surface area is 328 Å². The summed E-state index contributed by atoms with van der Waals surface area (Å²) in [5.41, 5.74) is 2.11. The van der Waals surface area contributed by atoms with Gasteiger partial charge in [-0.25, -0.2) is 4.79 Å². The van der Waals surface area contributed by atoms with Crippen LogP contribution in [0.25, 0.3) is 10.4 Å². The van der Waals surface area contributed by atoms with Crippen LogP contribution >= 0.6 is 0 Å². The first-order chi connectivity index (χ1) is 26.7. The lowest BCUT2D eigenvalue weighted by atomic mass is 9.41. The highest BCUT2D eigenvalue weighted by Gasteiger charge is 2.93. The third-order valence-corrected chi connectivity index (χ3v) is 15.9. The molecule has 57 heavy (non-hydrogen) atoms. The topological polar surface area (TPSA) is 263 Å². The number of aliphatic hydroxyl groups excluding tert-OH is 1. The van der Waals surface area contributed by atoms with Gasteiger partial charge >= 0.3 is 29.8 Å². The number of hydrogen-bond donors (Lipinski definition) is 2. The van der Waals surface area contributed by atoms with Gasteiger partial charge < -0.3 is 43.4 Å². The molecule has 8 aliphatic rings. The standard InChI is InChI=1S/C39H51N3O15/c1-14-22-25(37(7)38(8,50)34(49)57-39(37)31(14)56-39)27(48)23-21-24(30(51-15(2)43)33(36(22,23)6)53-17(4)45)35(5)18(13-19-28(54-19)32(35)52-16(3)44)26(47)29(21)55-20(46)11-9-10-12-41-42-40/h14,18-19,21-25,27-33,48,50H,9-13H2,1-8H3/t14?,18-,19+,21+,22+,23-,24-,25+,27-,28+,29-,30+,31-,32+,33+,35+,36-,37+,38-,39+/m1/s1. The van der Waals surface area contributed by atoms with Crippen LogP contribution in [0.2, 0.25) is 0 Å². The van der Waals surface area contributed by atoms with Gasteiger partial charge in [0, 0.05) is 79.1 Å². The molecule has 3 aliphatic heterocycles. The molecule has 0 aromatic carbocycles. The van der Waals surface area contributed by atoms with Crippen LogP contribution in [-0.4, -0.2) is 113 Å². The molecule has 5 saturated carbocycles. The molecule has 0 aromatic rings. The lowest BCUT2D eigenvalue weighted by Crippen LogP contribution is -2.75. The number of epoxide rings is 2. The molecule has 3 heterocycles. The van der Waals surface area contributed by atoms with Gasteiger partial charge in [-0.15, -0.1) is 0 Å². The van der Waals surface area contributed by atoms with E-state index < -0.39 is 154 Å². The van der Waals surface area contributed by atoms with E-state index in [0.717, 1.165) is 0 Å². The molecule has 18 heteroatoms. The monoisotopic (exact) mass is 801 g/mol. The molecule has 5 aliphatic carbocycles. The number of fused-ring (bicyclic) bond motifs is 9. The SMILES string of the molecule is CC(=O)O[C@H]1[C@H]2[C@H]([C@@H]3[C@@H](O)[C@@H]4[C@H](C(C)[C@H]5O[C@]56OC(=O)[C@@](C)(O)[C@]46C)[C@@]3(C)[C@H]1OC(C)=O)[C@@H](OC(=O)CCCCN=[N+]=[N-])C(=O)[C@H]1C[C@@H]3O[C@@H]3[C@H](OC(C)=O)[C@]21C. The molecule has 0 aromatic heterocycles. The largest absolute Gasteiger partial charge is 0.459 e. The number of esters is 5. The van der Waals surface area contributed by atoms with Gasteiger partial charge in [-0.05, 0) is 50.5 Å². The highest BCUT2D eigenvalue weighted by molar-refractivity contribution is 5.90. The zero-order valence-electron chi connectivity index (χ0n) is 33.2. The summed E-state index contributed by atoms with van der Waals surface area (Å²) in [7, 11) is 0. The molecule has 312 valence electrons. The normalized spacial score (nSPS) is 51.7. The van der Waals surface area contributed by atoms with Crippen LogP contribution in [0.5, 0.6) is 0 Å². The minimum absolute atomic E-state index is 0.133. The number of rotatable bonds is 9. The molecular weight excluding hydrogens is 750 g/mol. The summed E-state index contributed by atoms with van der Waals surface area (Å²) in [5.74, 6) is -12.4. The van der Waals surface area contributed by atoms with Crippen molar-refractivity contribution in [2.24, 2.45) is 62.8 Å². The molecule has 1 unspecified atom stereocenters. The molecular formula is C39H51N3O15. The number of ketones is 1. The van der Waals surface area contributed by atoms with E-state index in [9.17, 15) is 34.2 Å². The smallest absolute Gasteiger partial charge is 0.341 e. The summed E-state index contributed by atoms with van der Waals surface area (Å²) in [6.07, 6.45) is -7.87. The van der Waals surface area contributed by atoms with E-state index in [1.54, 1.807) is 20.8 Å². The van der Waals surface area contributed by atoms with Crippen LogP contribution in [-0.2, 0) is 61.9 Å². The van der Waals surface area contributed by atoms with Gasteiger partial charge in [0.15, 0.2) is 17.5 Å². The van der Waals surface area contributed by atoms with Crippen LogP contribution in [0, 0.1) is 57.7 Å². The molecule has 0 radical (unpaired) electrons. The number of carbonyl (C=O) groups is 6. The Morgan fingerprint density at radius 1 is 0.895 bits per heavy atom. The van der Waals surface area contributed by atoms with Crippen molar-refractivity contribution in [3.05, 3.63) is 10.4 Å². The average molecular weight is 802 g/mol. The van der Waals surface area contributed by atoms with Crippen molar-refractivity contribution in [3.63, 3.8) is 0 Å². The van der Waals surface area contributed by atoms with E-state index in [1.165, 1.54) is 27.7 Å². The first-order valence-electron chi connectivity index (χ1n) is 19.9. The van der Waals surface area contributed by atoms with Crippen molar-refractivity contribution in [2.45, 2.75) is 141 Å². The molecule has 3 saturated heterocycles. The summed E-state index contributed by atoms with van der Waals surface area (Å²) in [6, 6.07) is 0. The fraction of sp³-hybridized carbons (Fsp3) is 0.846. The van der Waals surface area contributed by atoms with E-state index in [2.05, 4.69) is 10.0 Å². The van der Waals surface area contributed by atoms with Gasteiger partial charge in [0.05, 0.1) is 17.6 Å². The van der Waals surface area contributed by atoms with Crippen molar-refractivity contribution in [2.75, 3.05) is 6.54 Å². The number of azide groups is 1. The van der Waals surface area contributed by atoms with Gasteiger partial charge in [-0.2, -0.15) is 0 Å². The van der Waals surface area contributed by atoms with Gasteiger partial charge in [0.25, 0.3) is 0 Å². The Bertz CT molecular complexity index is 1870. The van der Waals surface area contributed by atoms with E-state index in [0.29, 0.717) is 6.42 Å². The van der Waals surface area contributed by atoms with E-state index in [-0.39, 0.29) is 25.8 Å². The van der Waals surface area contributed by atoms with Crippen LogP contribution in [0.15, 0.2) is 5.11 Å². The average Bonchev–Trinajstić information content (AvgIpc) is 4.02. The second-order valence-electron chi connectivity index (χ2n) is 18.4. The maximum absolute atomic E-state index is 15.3. The summed E-state index contributed by atoms with van der Waals surface area (Å²) >= 11 is 0. The highest BCUT2D eigenvalue weighted by atomic mass is 16.8. The van der Waals surface area contributed by atoms with Crippen LogP contribution in [0.3, 0.4) is 0 Å². The number of nitrogens with zero attached hydrogens (tertiary/aromatic N) is 3. The van der Waals surface area contributed by atoms with Crippen molar-refractivity contribution in [3.8, 4) is 0 Å². The fourth-order valence-electron chi connectivity index (χ4n) is 13.7. The minimum atomic E-state index is -2.18. The fourth-order valence-corrected chi connectivity index (χ4v) is 13.7. The quantitative estimate of drug-likeness (QED) is 0.0643. The van der Waals surface area contributed by atoms with Crippen molar-refractivity contribution >= 4 is 35.6 Å². The molecule has 8 rings (SSSR count). The first kappa shape index (κ1) is 40.0. The van der Waals surface area contributed by atoms with Crippen molar-refractivity contribution < 1.29 is 72.1 Å². The zero-order chi connectivity index (χ0) is 41.5. The zero-order valence-corrected chi connectivity index (χ0v) is 33.2. The van der Waals surface area contributed by atoms with Gasteiger partial charge in [-0.3, -0.25) is 24.0 Å². The third kappa shape index (κ3) is 5.06. The van der Waals surface area contributed by atoms with E-state index in [4.69, 9.17) is 38.7 Å². The van der Waals surface area contributed by atoms with Gasteiger partial charge in [0.2, 0.25) is 5.79 Å². The van der Waals surface area contributed by atoms with Crippen molar-refractivity contribution in [1.29, 1.82) is 0 Å². The molecule has 20 atom stereocenters. The summed E-state index contributed by atoms with van der Waals surface area (Å²) in [4.78, 5) is 84.7. The number of hydrogen-bond acceptors (Lipinski definition) is 16. The molecule has 1 spiro atoms. The predicted octanol–water partition coefficient (Wildman–Crippen LogP) is 2.08. The second-order valence-corrected chi connectivity index (χ2v) is 18.4. The third-order valence-electron chi connectivity index (χ3n) is 15.9. The maximum atomic E-state index is 15.3. The van der Waals surface area contributed by atoms with E-state index >= 15 is 4.79 Å². The lowest BCUT2D eigenvalue weighted by molar-refractivity contribution is -0.274. The number of ether oxygens (including phenoxy) is 7. The summed E-state index contributed by atoms with van der Waals surface area (Å²) in [6.45, 7) is 12.1. The van der Waals surface area contributed by atoms with E-state index in [1.807, 2.05) is 6.92 Å². The summed E-state index contributed by atoms with van der Waals surface area (Å²) < 4.78 is 42.9. The van der Waals surface area contributed by atoms with Gasteiger partial charge in [0.1, 0.15) is 30.5 Å². The van der Waals surface area contributed by atoms with Crippen LogP contribution < -0.4 is 0 Å². The molecule has 2 N–H and O–H groups in total. The minimum Gasteiger partial charge on any atom is -0.459 e. The Kier molecular flexibility index (Phi) is 9.00. The highest BCUT2D eigenvalue weighted by Crippen LogP contribution is 2.80. The number of unbranched alkanes of at least 4 members (excludes halogenated alkanes) is 1. The molecule has 0 bridgehead atoms. The summed E-state index contributed by atoms with van der Waals surface area (Å²) in [5, 5.41) is 28.7. The Morgan fingerprint density at radius 3 is 2.18 bits per heavy atom. The number of Topliss-reactive ketones (excluding diaryl/α,β-unsaturated/α-hetero) is 1. The lowest BCUT2D eigenvalue weighted by Gasteiger charge is -2.65. The number of aliphatic hydroxyl groups is 2. The first-order valence-corrected chi connectivity index (χ1v) is 19.9. The maximum Gasteiger partial charge on any atom is 0.341 e. The Morgan fingerprint density at radius 2 is 1.54 bits per heavy atom. The van der Waals surface area contributed by atoms with Crippen molar-refractivity contribution in [1.82, 2.24) is 0 Å².